The van der Waals surface area contributed by atoms with Crippen LogP contribution in [0.4, 0.5) is 22.0 Å². The highest BCUT2D eigenvalue weighted by Gasteiger charge is 2.12. The van der Waals surface area contributed by atoms with Crippen LogP contribution in [0, 0.1) is 6.92 Å². The van der Waals surface area contributed by atoms with Crippen LogP contribution in [0.25, 0.3) is 11.3 Å². The summed E-state index contributed by atoms with van der Waals surface area (Å²) in [6.45, 7) is 4.12. The van der Waals surface area contributed by atoms with Gasteiger partial charge in [-0.2, -0.15) is 0 Å². The molecule has 0 radical (unpaired) electrons. The van der Waals surface area contributed by atoms with Gasteiger partial charge in [-0.3, -0.25) is 0 Å². The average molecular weight is 387 g/mol. The summed E-state index contributed by atoms with van der Waals surface area (Å²) in [5.74, 6) is 0.944. The number of hydrogen-bond acceptors (Lipinski definition) is 4. The van der Waals surface area contributed by atoms with E-state index >= 15 is 0 Å². The lowest BCUT2D eigenvalue weighted by Crippen LogP contribution is -2.30. The van der Waals surface area contributed by atoms with Crippen molar-refractivity contribution >= 4 is 23.2 Å². The maximum Gasteiger partial charge on any atom is 0.323 e. The van der Waals surface area contributed by atoms with E-state index in [0.717, 1.165) is 47.1 Å². The Hall–Kier alpha value is -3.41. The van der Waals surface area contributed by atoms with Gasteiger partial charge in [-0.1, -0.05) is 29.8 Å². The van der Waals surface area contributed by atoms with Gasteiger partial charge >= 0.3 is 6.03 Å². The predicted molar refractivity (Wildman–Crippen MR) is 117 cm³/mol. The molecular formula is C23H25N5O. The number of aromatic nitrogens is 2. The van der Waals surface area contributed by atoms with E-state index in [-0.39, 0.29) is 6.03 Å². The second-order valence-corrected chi connectivity index (χ2v) is 7.35. The Balaban J connectivity index is 1.37. The summed E-state index contributed by atoms with van der Waals surface area (Å²) in [7, 11) is 0. The first-order valence-electron chi connectivity index (χ1n) is 10.0. The molecule has 0 spiro atoms. The van der Waals surface area contributed by atoms with Crippen molar-refractivity contribution < 1.29 is 4.79 Å². The maximum atomic E-state index is 12.2. The molecule has 0 atom stereocenters. The molecule has 148 valence electrons. The van der Waals surface area contributed by atoms with Crippen molar-refractivity contribution in [2.24, 2.45) is 0 Å². The largest absolute Gasteiger partial charge is 0.355 e. The van der Waals surface area contributed by atoms with E-state index in [0.29, 0.717) is 0 Å². The molecule has 4 rings (SSSR count). The van der Waals surface area contributed by atoms with E-state index in [1.54, 1.807) is 0 Å². The zero-order valence-corrected chi connectivity index (χ0v) is 16.6. The van der Waals surface area contributed by atoms with Crippen LogP contribution in [0.2, 0.25) is 0 Å². The quantitative estimate of drug-likeness (QED) is 0.654. The predicted octanol–water partition coefficient (Wildman–Crippen LogP) is 5.09. The van der Waals surface area contributed by atoms with Gasteiger partial charge in [0.2, 0.25) is 0 Å². The minimum atomic E-state index is -0.271. The Morgan fingerprint density at radius 3 is 2.00 bits per heavy atom. The number of carbonyl (C=O) groups excluding carboxylic acids is 1. The molecule has 0 unspecified atom stereocenters. The Morgan fingerprint density at radius 1 is 0.793 bits per heavy atom. The summed E-state index contributed by atoms with van der Waals surface area (Å²) >= 11 is 0. The summed E-state index contributed by atoms with van der Waals surface area (Å²) in [5, 5.41) is 14.5. The molecule has 1 aliphatic heterocycles. The molecule has 1 saturated heterocycles. The summed E-state index contributed by atoms with van der Waals surface area (Å²) in [6, 6.07) is 19.1. The van der Waals surface area contributed by atoms with E-state index in [1.165, 1.54) is 19.3 Å². The molecule has 29 heavy (non-hydrogen) atoms. The number of anilines is 3. The zero-order valence-electron chi connectivity index (χ0n) is 16.6. The first kappa shape index (κ1) is 18.9. The Morgan fingerprint density at radius 2 is 1.41 bits per heavy atom. The number of rotatable bonds is 4. The number of aryl methyl sites for hydroxylation is 1. The minimum Gasteiger partial charge on any atom is -0.355 e. The first-order chi connectivity index (χ1) is 14.2. The van der Waals surface area contributed by atoms with Crippen LogP contribution in [0.1, 0.15) is 24.8 Å². The molecule has 6 nitrogen and oxygen atoms in total. The van der Waals surface area contributed by atoms with Crippen molar-refractivity contribution in [3.63, 3.8) is 0 Å². The second kappa shape index (κ2) is 8.73. The number of carbonyl (C=O) groups is 1. The fourth-order valence-corrected chi connectivity index (χ4v) is 3.43. The van der Waals surface area contributed by atoms with Gasteiger partial charge in [0.1, 0.15) is 0 Å². The molecule has 2 N–H and O–H groups in total. The summed E-state index contributed by atoms with van der Waals surface area (Å²) in [6.07, 6.45) is 3.73. The van der Waals surface area contributed by atoms with Crippen LogP contribution in [-0.4, -0.2) is 29.3 Å². The normalized spacial score (nSPS) is 13.8. The first-order valence-corrected chi connectivity index (χ1v) is 10.0. The molecule has 0 bridgehead atoms. The smallest absolute Gasteiger partial charge is 0.323 e. The van der Waals surface area contributed by atoms with Gasteiger partial charge in [0.05, 0.1) is 5.69 Å². The highest BCUT2D eigenvalue weighted by atomic mass is 16.2. The summed E-state index contributed by atoms with van der Waals surface area (Å²) < 4.78 is 0. The van der Waals surface area contributed by atoms with Crippen LogP contribution in [0.15, 0.2) is 60.7 Å². The fourth-order valence-electron chi connectivity index (χ4n) is 3.43. The lowest BCUT2D eigenvalue weighted by atomic mass is 10.1. The van der Waals surface area contributed by atoms with Gasteiger partial charge in [-0.15, -0.1) is 10.2 Å². The van der Waals surface area contributed by atoms with Gasteiger partial charge in [-0.25, -0.2) is 4.79 Å². The number of amides is 2. The lowest BCUT2D eigenvalue weighted by molar-refractivity contribution is 0.262. The van der Waals surface area contributed by atoms with Crippen molar-refractivity contribution in [2.75, 3.05) is 28.6 Å². The van der Waals surface area contributed by atoms with Crippen molar-refractivity contribution in [1.82, 2.24) is 10.2 Å². The lowest BCUT2D eigenvalue weighted by Gasteiger charge is -2.27. The average Bonchev–Trinajstić information content (AvgIpc) is 2.77. The minimum absolute atomic E-state index is 0.271. The molecule has 2 aromatic carbocycles. The number of hydrogen-bond donors (Lipinski definition) is 2. The van der Waals surface area contributed by atoms with E-state index < -0.39 is 0 Å². The van der Waals surface area contributed by atoms with Crippen LogP contribution in [0.3, 0.4) is 0 Å². The second-order valence-electron chi connectivity index (χ2n) is 7.35. The standard InChI is InChI=1S/C23H25N5O/c1-17-5-9-19(10-6-17)24-23(29)25-20-11-7-18(8-12-20)21-13-14-22(27-26-21)28-15-3-2-4-16-28/h5-14H,2-4,15-16H2,1H3,(H2,24,25,29). The summed E-state index contributed by atoms with van der Waals surface area (Å²) in [4.78, 5) is 14.5. The van der Waals surface area contributed by atoms with Gasteiger partial charge < -0.3 is 15.5 Å². The Kier molecular flexibility index (Phi) is 5.70. The molecule has 0 aliphatic carbocycles. The molecule has 1 fully saturated rings. The van der Waals surface area contributed by atoms with Crippen molar-refractivity contribution in [3.8, 4) is 11.3 Å². The molecule has 1 aromatic heterocycles. The highest BCUT2D eigenvalue weighted by Crippen LogP contribution is 2.22. The third kappa shape index (κ3) is 4.90. The van der Waals surface area contributed by atoms with Crippen molar-refractivity contribution in [3.05, 3.63) is 66.2 Å². The number of urea groups is 1. The van der Waals surface area contributed by atoms with Crippen LogP contribution < -0.4 is 15.5 Å². The molecule has 2 heterocycles. The molecule has 0 saturated carbocycles. The SMILES string of the molecule is Cc1ccc(NC(=O)Nc2ccc(-c3ccc(N4CCCCC4)nn3)cc2)cc1. The summed E-state index contributed by atoms with van der Waals surface area (Å²) in [5.41, 5.74) is 4.41. The zero-order chi connectivity index (χ0) is 20.1. The Bertz CT molecular complexity index is 946. The third-order valence-corrected chi connectivity index (χ3v) is 5.08. The molecule has 3 aromatic rings. The van der Waals surface area contributed by atoms with E-state index in [4.69, 9.17) is 0 Å². The molecule has 2 amide bonds. The maximum absolute atomic E-state index is 12.2. The monoisotopic (exact) mass is 387 g/mol. The van der Waals surface area contributed by atoms with Crippen molar-refractivity contribution in [2.45, 2.75) is 26.2 Å². The van der Waals surface area contributed by atoms with Gasteiger partial charge in [0.15, 0.2) is 5.82 Å². The number of piperidine rings is 1. The number of nitrogens with zero attached hydrogens (tertiary/aromatic N) is 3. The number of benzene rings is 2. The molecule has 1 aliphatic rings. The topological polar surface area (TPSA) is 70.2 Å². The van der Waals surface area contributed by atoms with E-state index in [1.807, 2.05) is 67.6 Å². The Labute approximate surface area is 171 Å². The third-order valence-electron chi connectivity index (χ3n) is 5.08. The van der Waals surface area contributed by atoms with Gasteiger partial charge in [0.25, 0.3) is 0 Å². The van der Waals surface area contributed by atoms with E-state index in [2.05, 4.69) is 25.7 Å². The van der Waals surface area contributed by atoms with Crippen LogP contribution >= 0.6 is 0 Å². The highest BCUT2D eigenvalue weighted by molar-refractivity contribution is 5.99. The van der Waals surface area contributed by atoms with Gasteiger partial charge in [0, 0.05) is 30.0 Å². The van der Waals surface area contributed by atoms with Gasteiger partial charge in [-0.05, 0) is 62.6 Å². The molecular weight excluding hydrogens is 362 g/mol. The molecule has 6 heteroatoms. The fraction of sp³-hybridized carbons (Fsp3) is 0.261. The van der Waals surface area contributed by atoms with Crippen molar-refractivity contribution in [1.29, 1.82) is 0 Å². The van der Waals surface area contributed by atoms with Crippen LogP contribution in [0.5, 0.6) is 0 Å². The number of nitrogens with one attached hydrogen (secondary N) is 2. The van der Waals surface area contributed by atoms with Crippen LogP contribution in [-0.2, 0) is 0 Å². The van der Waals surface area contributed by atoms with E-state index in [9.17, 15) is 4.79 Å².